The van der Waals surface area contributed by atoms with Gasteiger partial charge in [0.15, 0.2) is 0 Å². The molecule has 0 amide bonds. The van der Waals surface area contributed by atoms with E-state index in [4.69, 9.17) is 0 Å². The molecular weight excluding hydrogens is 222 g/mol. The normalized spacial score (nSPS) is 13.0. The van der Waals surface area contributed by atoms with Crippen molar-refractivity contribution >= 4 is 16.6 Å². The van der Waals surface area contributed by atoms with Gasteiger partial charge >= 0.3 is 0 Å². The van der Waals surface area contributed by atoms with Crippen molar-refractivity contribution in [3.05, 3.63) is 36.0 Å². The van der Waals surface area contributed by atoms with Crippen LogP contribution in [-0.2, 0) is 0 Å². The highest BCUT2D eigenvalue weighted by atomic mass is 19.3. The molecule has 1 aromatic heterocycles. The Balaban J connectivity index is 2.45. The molecule has 0 bridgehead atoms. The molecule has 0 radical (unpaired) electrons. The minimum absolute atomic E-state index is 0.700. The summed E-state index contributed by atoms with van der Waals surface area (Å²) < 4.78 is 25.0. The van der Waals surface area contributed by atoms with Gasteiger partial charge in [0, 0.05) is 17.3 Å². The summed E-state index contributed by atoms with van der Waals surface area (Å²) in [6.07, 6.45) is -0.682. The van der Waals surface area contributed by atoms with E-state index in [0.717, 1.165) is 16.5 Å². The summed E-state index contributed by atoms with van der Waals surface area (Å²) in [5.41, 5.74) is 2.58. The van der Waals surface area contributed by atoms with Crippen molar-refractivity contribution < 1.29 is 8.78 Å². The second-order valence-electron chi connectivity index (χ2n) is 4.10. The molecule has 2 aromatic rings. The number of nitrogens with one attached hydrogen (secondary N) is 1. The maximum absolute atomic E-state index is 12.5. The first-order chi connectivity index (χ1) is 8.09. The number of halogens is 2. The zero-order valence-corrected chi connectivity index (χ0v) is 9.74. The Labute approximate surface area is 98.7 Å². The van der Waals surface area contributed by atoms with E-state index in [1.165, 1.54) is 6.92 Å². The third-order valence-electron chi connectivity index (χ3n) is 2.73. The number of hydrogen-bond acceptors (Lipinski definition) is 2. The number of rotatable bonds is 3. The molecule has 1 heterocycles. The number of aromatic nitrogens is 1. The lowest BCUT2D eigenvalue weighted by Crippen LogP contribution is -2.23. The predicted octanol–water partition coefficient (Wildman–Crippen LogP) is 3.61. The highest BCUT2D eigenvalue weighted by molar-refractivity contribution is 5.93. The van der Waals surface area contributed by atoms with Gasteiger partial charge in [-0.05, 0) is 37.6 Å². The molecule has 90 valence electrons. The van der Waals surface area contributed by atoms with Crippen molar-refractivity contribution in [2.75, 3.05) is 5.32 Å². The molecule has 0 aliphatic heterocycles. The molecule has 0 saturated heterocycles. The van der Waals surface area contributed by atoms with Crippen LogP contribution in [0.15, 0.2) is 30.5 Å². The summed E-state index contributed by atoms with van der Waals surface area (Å²) in [5.74, 6) is 0. The average molecular weight is 236 g/mol. The molecule has 17 heavy (non-hydrogen) atoms. The minimum atomic E-state index is -2.39. The zero-order valence-electron chi connectivity index (χ0n) is 9.74. The Morgan fingerprint density at radius 3 is 2.71 bits per heavy atom. The van der Waals surface area contributed by atoms with Gasteiger partial charge in [0.25, 0.3) is 6.43 Å². The van der Waals surface area contributed by atoms with Crippen molar-refractivity contribution in [2.24, 2.45) is 0 Å². The summed E-state index contributed by atoms with van der Waals surface area (Å²) >= 11 is 0. The van der Waals surface area contributed by atoms with Gasteiger partial charge in [0.2, 0.25) is 0 Å². The Kier molecular flexibility index (Phi) is 3.22. The number of aryl methyl sites for hydroxylation is 1. The first-order valence-corrected chi connectivity index (χ1v) is 5.48. The fourth-order valence-corrected chi connectivity index (χ4v) is 1.75. The molecule has 1 unspecified atom stereocenters. The summed E-state index contributed by atoms with van der Waals surface area (Å²) in [6, 6.07) is 6.52. The van der Waals surface area contributed by atoms with Gasteiger partial charge in [-0.25, -0.2) is 8.78 Å². The van der Waals surface area contributed by atoms with Gasteiger partial charge < -0.3 is 5.32 Å². The molecule has 2 nitrogen and oxygen atoms in total. The first-order valence-electron chi connectivity index (χ1n) is 5.48. The molecule has 0 fully saturated rings. The van der Waals surface area contributed by atoms with Crippen LogP contribution in [0.3, 0.4) is 0 Å². The maximum Gasteiger partial charge on any atom is 0.258 e. The van der Waals surface area contributed by atoms with E-state index in [9.17, 15) is 8.78 Å². The van der Waals surface area contributed by atoms with Crippen LogP contribution in [0.4, 0.5) is 14.5 Å². The van der Waals surface area contributed by atoms with Crippen LogP contribution >= 0.6 is 0 Å². The van der Waals surface area contributed by atoms with Gasteiger partial charge in [-0.15, -0.1) is 0 Å². The predicted molar refractivity (Wildman–Crippen MR) is 65.6 cm³/mol. The Bertz CT molecular complexity index is 526. The molecule has 0 aliphatic rings. The lowest BCUT2D eigenvalue weighted by Gasteiger charge is -2.16. The topological polar surface area (TPSA) is 24.9 Å². The monoisotopic (exact) mass is 236 g/mol. The summed E-state index contributed by atoms with van der Waals surface area (Å²) in [5, 5.41) is 3.70. The van der Waals surface area contributed by atoms with Crippen LogP contribution in [0.5, 0.6) is 0 Å². The first kappa shape index (κ1) is 11.8. The number of benzene rings is 1. The van der Waals surface area contributed by atoms with E-state index >= 15 is 0 Å². The summed E-state index contributed by atoms with van der Waals surface area (Å²) in [4.78, 5) is 4.27. The molecule has 1 aromatic carbocycles. The molecule has 1 atom stereocenters. The van der Waals surface area contributed by atoms with Crippen LogP contribution in [0.25, 0.3) is 10.9 Å². The smallest absolute Gasteiger partial charge is 0.258 e. The van der Waals surface area contributed by atoms with E-state index in [1.807, 2.05) is 25.1 Å². The van der Waals surface area contributed by atoms with Gasteiger partial charge in [-0.1, -0.05) is 6.07 Å². The van der Waals surface area contributed by atoms with Gasteiger partial charge in [0.05, 0.1) is 11.6 Å². The summed E-state index contributed by atoms with van der Waals surface area (Å²) in [7, 11) is 0. The third kappa shape index (κ3) is 2.35. The molecule has 0 saturated carbocycles. The molecule has 2 rings (SSSR count). The number of anilines is 1. The largest absolute Gasteiger partial charge is 0.376 e. The Morgan fingerprint density at radius 2 is 2.00 bits per heavy atom. The van der Waals surface area contributed by atoms with E-state index < -0.39 is 12.5 Å². The second-order valence-corrected chi connectivity index (χ2v) is 4.10. The fourth-order valence-electron chi connectivity index (χ4n) is 1.75. The number of pyridine rings is 1. The van der Waals surface area contributed by atoms with Crippen molar-refractivity contribution in [1.29, 1.82) is 0 Å². The van der Waals surface area contributed by atoms with E-state index in [2.05, 4.69) is 10.3 Å². The Hall–Kier alpha value is -1.71. The van der Waals surface area contributed by atoms with E-state index in [0.29, 0.717) is 5.69 Å². The quantitative estimate of drug-likeness (QED) is 0.880. The van der Waals surface area contributed by atoms with Crippen molar-refractivity contribution in [1.82, 2.24) is 4.98 Å². The Morgan fingerprint density at radius 1 is 1.24 bits per heavy atom. The van der Waals surface area contributed by atoms with Crippen molar-refractivity contribution in [3.63, 3.8) is 0 Å². The van der Waals surface area contributed by atoms with Crippen molar-refractivity contribution in [3.8, 4) is 0 Å². The lowest BCUT2D eigenvalue weighted by atomic mass is 10.1. The number of alkyl halides is 2. The molecular formula is C13H14F2N2. The van der Waals surface area contributed by atoms with Gasteiger partial charge in [-0.2, -0.15) is 0 Å². The highest BCUT2D eigenvalue weighted by Crippen LogP contribution is 2.25. The number of fused-ring (bicyclic) bond motifs is 1. The maximum atomic E-state index is 12.5. The third-order valence-corrected chi connectivity index (χ3v) is 2.73. The number of hydrogen-bond donors (Lipinski definition) is 1. The fraction of sp³-hybridized carbons (Fsp3) is 0.308. The van der Waals surface area contributed by atoms with Crippen LogP contribution in [0, 0.1) is 6.92 Å². The lowest BCUT2D eigenvalue weighted by molar-refractivity contribution is 0.131. The minimum Gasteiger partial charge on any atom is -0.376 e. The van der Waals surface area contributed by atoms with Crippen LogP contribution in [0.2, 0.25) is 0 Å². The molecule has 0 aliphatic carbocycles. The van der Waals surface area contributed by atoms with Crippen LogP contribution in [0.1, 0.15) is 12.5 Å². The van der Waals surface area contributed by atoms with E-state index in [1.54, 1.807) is 12.3 Å². The highest BCUT2D eigenvalue weighted by Gasteiger charge is 2.15. The average Bonchev–Trinajstić information content (AvgIpc) is 2.33. The van der Waals surface area contributed by atoms with Crippen molar-refractivity contribution in [2.45, 2.75) is 26.3 Å². The zero-order chi connectivity index (χ0) is 12.4. The molecule has 1 N–H and O–H groups in total. The summed E-state index contributed by atoms with van der Waals surface area (Å²) in [6.45, 7) is 3.42. The van der Waals surface area contributed by atoms with Gasteiger partial charge in [-0.3, -0.25) is 4.98 Å². The standard InChI is InChI=1S/C13H14F2N2/c1-8-5-6-11(17-9(2)13(14)15)10-4-3-7-16-12(8)10/h3-7,9,13,17H,1-2H3. The molecule has 4 heteroatoms. The molecule has 0 spiro atoms. The van der Waals surface area contributed by atoms with Gasteiger partial charge in [0.1, 0.15) is 0 Å². The van der Waals surface area contributed by atoms with Crippen LogP contribution in [-0.4, -0.2) is 17.5 Å². The number of nitrogens with zero attached hydrogens (tertiary/aromatic N) is 1. The van der Waals surface area contributed by atoms with E-state index in [-0.39, 0.29) is 0 Å². The second kappa shape index (κ2) is 4.65. The van der Waals surface area contributed by atoms with Crippen LogP contribution < -0.4 is 5.32 Å². The SMILES string of the molecule is Cc1ccc(NC(C)C(F)F)c2cccnc12.